The van der Waals surface area contributed by atoms with E-state index in [1.54, 1.807) is 0 Å². The van der Waals surface area contributed by atoms with E-state index in [1.165, 1.54) is 44.1 Å². The first-order chi connectivity index (χ1) is 10.6. The first-order valence-electron chi connectivity index (χ1n) is 8.36. The Balaban J connectivity index is 1.67. The Kier molecular flexibility index (Phi) is 7.20. The second-order valence-electron chi connectivity index (χ2n) is 6.29. The number of nitrogens with zero attached hydrogens (tertiary/aromatic N) is 1. The summed E-state index contributed by atoms with van der Waals surface area (Å²) in [7, 11) is 2.08. The number of hydrogen-bond donors (Lipinski definition) is 1. The largest absolute Gasteiger partial charge is 0.355 e. The minimum absolute atomic E-state index is 0.126. The number of amides is 1. The lowest BCUT2D eigenvalue weighted by Crippen LogP contribution is -2.41. The lowest BCUT2D eigenvalue weighted by Gasteiger charge is -2.26. The molecule has 1 N–H and O–H groups in total. The second kappa shape index (κ2) is 9.16. The fourth-order valence-electron chi connectivity index (χ4n) is 3.11. The summed E-state index contributed by atoms with van der Waals surface area (Å²) in [5.41, 5.74) is 1.20. The predicted molar refractivity (Wildman–Crippen MR) is 92.3 cm³/mol. The first-order valence-corrected chi connectivity index (χ1v) is 8.74. The van der Waals surface area contributed by atoms with E-state index >= 15 is 0 Å². The molecule has 1 aliphatic carbocycles. The van der Waals surface area contributed by atoms with Crippen LogP contribution in [-0.4, -0.2) is 37.0 Å². The van der Waals surface area contributed by atoms with Crippen LogP contribution in [0.1, 0.15) is 44.1 Å². The second-order valence-corrected chi connectivity index (χ2v) is 6.72. The minimum atomic E-state index is 0.126. The van der Waals surface area contributed by atoms with Crippen molar-refractivity contribution < 1.29 is 4.79 Å². The molecule has 0 atom stereocenters. The Morgan fingerprint density at radius 1 is 1.18 bits per heavy atom. The summed E-state index contributed by atoms with van der Waals surface area (Å²) >= 11 is 5.86. The third-order valence-electron chi connectivity index (χ3n) is 4.49. The molecule has 1 saturated carbocycles. The Hall–Kier alpha value is -1.06. The van der Waals surface area contributed by atoms with Crippen LogP contribution in [-0.2, 0) is 11.2 Å². The van der Waals surface area contributed by atoms with Gasteiger partial charge in [0.25, 0.3) is 0 Å². The molecule has 3 nitrogen and oxygen atoms in total. The van der Waals surface area contributed by atoms with E-state index < -0.39 is 0 Å². The van der Waals surface area contributed by atoms with Gasteiger partial charge in [-0.05, 0) is 44.0 Å². The van der Waals surface area contributed by atoms with Crippen molar-refractivity contribution in [3.05, 3.63) is 34.9 Å². The van der Waals surface area contributed by atoms with Gasteiger partial charge in [0.15, 0.2) is 0 Å². The summed E-state index contributed by atoms with van der Waals surface area (Å²) in [5, 5.41) is 3.77. The van der Waals surface area contributed by atoms with E-state index in [0.717, 1.165) is 11.4 Å². The van der Waals surface area contributed by atoms with Gasteiger partial charge in [-0.1, -0.05) is 49.4 Å². The Bertz CT molecular complexity index is 453. The molecule has 0 saturated heterocycles. The van der Waals surface area contributed by atoms with Crippen LogP contribution in [0, 0.1) is 0 Å². The predicted octanol–water partition coefficient (Wildman–Crippen LogP) is 3.65. The van der Waals surface area contributed by atoms with E-state index in [0.29, 0.717) is 19.1 Å². The summed E-state index contributed by atoms with van der Waals surface area (Å²) in [6.45, 7) is 1.18. The van der Waals surface area contributed by atoms with Crippen molar-refractivity contribution in [2.75, 3.05) is 20.1 Å². The van der Waals surface area contributed by atoms with E-state index in [1.807, 2.05) is 24.3 Å². The van der Waals surface area contributed by atoms with Crippen molar-refractivity contribution in [2.45, 2.75) is 51.0 Å². The molecule has 0 aromatic heterocycles. The lowest BCUT2D eigenvalue weighted by atomic mass is 10.1. The average Bonchev–Trinajstić information content (AvgIpc) is 2.78. The molecule has 0 aliphatic heterocycles. The standard InChI is InChI=1S/C18H27ClN2O/c1-21(17-6-4-2-3-5-7-17)14-18(22)20-13-12-15-8-10-16(19)11-9-15/h8-11,17H,2-7,12-14H2,1H3,(H,20,22). The van der Waals surface area contributed by atoms with Crippen LogP contribution in [0.3, 0.4) is 0 Å². The molecule has 1 aromatic rings. The topological polar surface area (TPSA) is 32.3 Å². The Labute approximate surface area is 139 Å². The zero-order valence-electron chi connectivity index (χ0n) is 13.5. The number of nitrogens with one attached hydrogen (secondary N) is 1. The van der Waals surface area contributed by atoms with Gasteiger partial charge in [0, 0.05) is 17.6 Å². The zero-order chi connectivity index (χ0) is 15.8. The smallest absolute Gasteiger partial charge is 0.234 e. The van der Waals surface area contributed by atoms with Gasteiger partial charge in [-0.25, -0.2) is 0 Å². The number of halogens is 1. The van der Waals surface area contributed by atoms with Crippen molar-refractivity contribution in [1.82, 2.24) is 10.2 Å². The van der Waals surface area contributed by atoms with Crippen molar-refractivity contribution in [3.8, 4) is 0 Å². The normalized spacial score (nSPS) is 16.5. The van der Waals surface area contributed by atoms with Gasteiger partial charge in [-0.3, -0.25) is 9.69 Å². The van der Waals surface area contributed by atoms with Gasteiger partial charge in [0.05, 0.1) is 6.54 Å². The monoisotopic (exact) mass is 322 g/mol. The maximum Gasteiger partial charge on any atom is 0.234 e. The number of hydrogen-bond acceptors (Lipinski definition) is 2. The van der Waals surface area contributed by atoms with Crippen LogP contribution >= 0.6 is 11.6 Å². The van der Waals surface area contributed by atoms with E-state index in [2.05, 4.69) is 17.3 Å². The van der Waals surface area contributed by atoms with E-state index in [4.69, 9.17) is 11.6 Å². The zero-order valence-corrected chi connectivity index (χ0v) is 14.2. The highest BCUT2D eigenvalue weighted by atomic mass is 35.5. The van der Waals surface area contributed by atoms with Gasteiger partial charge in [-0.2, -0.15) is 0 Å². The third kappa shape index (κ3) is 5.98. The summed E-state index contributed by atoms with van der Waals surface area (Å²) in [4.78, 5) is 14.3. The van der Waals surface area contributed by atoms with Crippen LogP contribution in [0.4, 0.5) is 0 Å². The van der Waals surface area contributed by atoms with Gasteiger partial charge in [0.2, 0.25) is 5.91 Å². The average molecular weight is 323 g/mol. The van der Waals surface area contributed by atoms with Crippen LogP contribution in [0.15, 0.2) is 24.3 Å². The SMILES string of the molecule is CN(CC(=O)NCCc1ccc(Cl)cc1)C1CCCCCC1. The summed E-state index contributed by atoms with van der Waals surface area (Å²) in [6, 6.07) is 8.36. The Morgan fingerprint density at radius 2 is 1.82 bits per heavy atom. The molecular weight excluding hydrogens is 296 g/mol. The molecule has 1 aromatic carbocycles. The molecule has 0 radical (unpaired) electrons. The van der Waals surface area contributed by atoms with E-state index in [-0.39, 0.29) is 5.91 Å². The van der Waals surface area contributed by atoms with Crippen molar-refractivity contribution in [3.63, 3.8) is 0 Å². The number of rotatable bonds is 6. The molecule has 1 amide bonds. The third-order valence-corrected chi connectivity index (χ3v) is 4.74. The minimum Gasteiger partial charge on any atom is -0.355 e. The number of likely N-dealkylation sites (N-methyl/N-ethyl adjacent to an activating group) is 1. The maximum absolute atomic E-state index is 12.1. The molecule has 4 heteroatoms. The van der Waals surface area contributed by atoms with Gasteiger partial charge in [0.1, 0.15) is 0 Å². The van der Waals surface area contributed by atoms with Crippen LogP contribution in [0.25, 0.3) is 0 Å². The molecule has 2 rings (SSSR count). The molecule has 22 heavy (non-hydrogen) atoms. The van der Waals surface area contributed by atoms with Gasteiger partial charge < -0.3 is 5.32 Å². The molecule has 0 spiro atoms. The molecule has 1 fully saturated rings. The quantitative estimate of drug-likeness (QED) is 0.811. The molecule has 122 valence electrons. The molecule has 1 aliphatic rings. The maximum atomic E-state index is 12.1. The first kappa shape index (κ1) is 17.3. The summed E-state index contributed by atoms with van der Waals surface area (Å²) in [6.07, 6.45) is 8.59. The van der Waals surface area contributed by atoms with Crippen molar-refractivity contribution >= 4 is 17.5 Å². The van der Waals surface area contributed by atoms with Crippen LogP contribution < -0.4 is 5.32 Å². The van der Waals surface area contributed by atoms with E-state index in [9.17, 15) is 4.79 Å². The fourth-order valence-corrected chi connectivity index (χ4v) is 3.23. The summed E-state index contributed by atoms with van der Waals surface area (Å²) < 4.78 is 0. The molecule has 0 heterocycles. The number of carbonyl (C=O) groups is 1. The Morgan fingerprint density at radius 3 is 2.45 bits per heavy atom. The van der Waals surface area contributed by atoms with Crippen molar-refractivity contribution in [2.24, 2.45) is 0 Å². The van der Waals surface area contributed by atoms with Crippen LogP contribution in [0.2, 0.25) is 5.02 Å². The van der Waals surface area contributed by atoms with Crippen LogP contribution in [0.5, 0.6) is 0 Å². The molecular formula is C18H27ClN2O. The van der Waals surface area contributed by atoms with Crippen molar-refractivity contribution in [1.29, 1.82) is 0 Å². The lowest BCUT2D eigenvalue weighted by molar-refractivity contribution is -0.122. The highest BCUT2D eigenvalue weighted by Gasteiger charge is 2.18. The highest BCUT2D eigenvalue weighted by molar-refractivity contribution is 6.30. The summed E-state index contributed by atoms with van der Waals surface area (Å²) in [5.74, 6) is 0.126. The molecule has 0 bridgehead atoms. The number of carbonyl (C=O) groups excluding carboxylic acids is 1. The number of benzene rings is 1. The van der Waals surface area contributed by atoms with Gasteiger partial charge >= 0.3 is 0 Å². The highest BCUT2D eigenvalue weighted by Crippen LogP contribution is 2.20. The molecule has 0 unspecified atom stereocenters. The fraction of sp³-hybridized carbons (Fsp3) is 0.611. The van der Waals surface area contributed by atoms with Gasteiger partial charge in [-0.15, -0.1) is 0 Å².